The Morgan fingerprint density at radius 2 is 0.871 bits per heavy atom. The number of nitrogens with one attached hydrogen (secondary N) is 11. The van der Waals surface area contributed by atoms with E-state index < -0.39 is 169 Å². The van der Waals surface area contributed by atoms with E-state index in [-0.39, 0.29) is 75.5 Å². The number of hydrogen-bond donors (Lipinski definition) is 21. The molecule has 35 nitrogen and oxygen atoms in total. The molecule has 0 saturated carbocycles. The molecule has 3 rings (SSSR count). The lowest BCUT2D eigenvalue weighted by Gasteiger charge is -2.28. The molecule has 0 aromatic heterocycles. The van der Waals surface area contributed by atoms with Gasteiger partial charge in [0.15, 0.2) is 5.96 Å². The first-order valence-corrected chi connectivity index (χ1v) is 33.1. The summed E-state index contributed by atoms with van der Waals surface area (Å²) in [5.41, 5.74) is 35.0. The van der Waals surface area contributed by atoms with Gasteiger partial charge in [-0.25, -0.2) is 4.79 Å². The van der Waals surface area contributed by atoms with Crippen molar-refractivity contribution in [1.29, 1.82) is 0 Å². The second-order valence-corrected chi connectivity index (χ2v) is 24.3. The van der Waals surface area contributed by atoms with Gasteiger partial charge in [0.2, 0.25) is 70.9 Å². The zero-order chi connectivity index (χ0) is 75.3. The van der Waals surface area contributed by atoms with Crippen LogP contribution in [0, 0.1) is 5.92 Å². The number of carboxylic acids is 1. The smallest absolute Gasteiger partial charge is 0.326 e. The fourth-order valence-electron chi connectivity index (χ4n) is 9.91. The van der Waals surface area contributed by atoms with Gasteiger partial charge in [0.1, 0.15) is 71.9 Å². The number of guanidine groups is 1. The van der Waals surface area contributed by atoms with E-state index in [0.717, 1.165) is 0 Å². The number of phenols is 2. The Hall–Kier alpha value is -10.5. The number of aliphatic hydroxyl groups is 1. The Kier molecular flexibility index (Phi) is 37.3. The molecule has 0 aliphatic heterocycles. The second kappa shape index (κ2) is 44.5. The number of amides is 12. The van der Waals surface area contributed by atoms with E-state index in [2.05, 4.69) is 63.5 Å². The topological polar surface area (TPSA) is 604 Å². The molecule has 12 atom stereocenters. The zero-order valence-electron chi connectivity index (χ0n) is 57.2. The number of benzene rings is 3. The number of carbonyl (C=O) groups is 13. The number of rotatable bonds is 46. The molecule has 0 radical (unpaired) electrons. The van der Waals surface area contributed by atoms with Crippen molar-refractivity contribution in [3.05, 3.63) is 95.6 Å². The lowest BCUT2D eigenvalue weighted by Crippen LogP contribution is -2.61. The van der Waals surface area contributed by atoms with Crippen molar-refractivity contribution in [3.8, 4) is 11.5 Å². The molecular formula is C66H100N18O17. The minimum absolute atomic E-state index is 0.0176. The van der Waals surface area contributed by atoms with E-state index in [9.17, 15) is 82.8 Å². The average molecular weight is 1420 g/mol. The number of nitrogens with two attached hydrogens (primary N) is 6. The summed E-state index contributed by atoms with van der Waals surface area (Å²) in [6, 6.07) is 3.63. The van der Waals surface area contributed by atoms with Crippen molar-refractivity contribution in [2.24, 2.45) is 45.3 Å². The highest BCUT2D eigenvalue weighted by atomic mass is 16.4. The Morgan fingerprint density at radius 1 is 0.455 bits per heavy atom. The van der Waals surface area contributed by atoms with Crippen molar-refractivity contribution >= 4 is 82.8 Å². The third-order valence-electron chi connectivity index (χ3n) is 16.0. The van der Waals surface area contributed by atoms with Crippen molar-refractivity contribution in [2.75, 3.05) is 32.8 Å². The van der Waals surface area contributed by atoms with Crippen LogP contribution in [0.25, 0.3) is 0 Å². The fraction of sp³-hybridized carbons (Fsp3) is 0.515. The number of aliphatic imine (C=N–C) groups is 1. The number of aliphatic carboxylic acids is 1. The van der Waals surface area contributed by atoms with Crippen LogP contribution in [0.15, 0.2) is 83.9 Å². The Labute approximate surface area is 584 Å². The van der Waals surface area contributed by atoms with Crippen LogP contribution in [0.4, 0.5) is 0 Å². The number of unbranched alkanes of at least 4 members (excludes halogenated alkanes) is 2. The standard InChI is InChI=1S/C66H100N18O17/c1-5-36(2)54(84-58(93)45(18-13-29-73-66(71)72)78-55(90)38(4)76-59(94)47(31-40-19-23-42(86)24-20-40)80-56(91)37(3)75-57(92)44(69)16-9-11-27-67)64(99)74-34-53(89)77-50(33-52(70)88)62(97)83-51(35-85)63(98)82-49(32-41-21-25-43(87)26-22-41)61(96)81-48(30-39-14-7-6-8-15-39)60(95)79-46(65(100)101)17-10-12-28-68/h6-8,14-15,19-26,36-38,44-51,54,85-87H,5,9-13,16-18,27-35,67-69H2,1-4H3,(H2,70,88)(H,74,99)(H,75,92)(H,76,94)(H,77,89)(H,78,90)(H,79,95)(H,80,91)(H,81,96)(H,82,98)(H,83,97)(H,84,93)(H,100,101)(H4,71,72,73)/t36-,37-,38-,44-,45-,46-,47-,48-,49-,50-,51-,54-/m0/s1. The minimum atomic E-state index is -1.91. The van der Waals surface area contributed by atoms with E-state index in [4.69, 9.17) is 34.4 Å². The highest BCUT2D eigenvalue weighted by molar-refractivity contribution is 6.00. The van der Waals surface area contributed by atoms with Crippen LogP contribution < -0.4 is 92.9 Å². The van der Waals surface area contributed by atoms with Crippen molar-refractivity contribution in [3.63, 3.8) is 0 Å². The van der Waals surface area contributed by atoms with Crippen molar-refractivity contribution < 1.29 is 82.8 Å². The van der Waals surface area contributed by atoms with Crippen LogP contribution in [-0.4, -0.2) is 202 Å². The van der Waals surface area contributed by atoms with E-state index >= 15 is 0 Å². The van der Waals surface area contributed by atoms with Crippen LogP contribution in [0.5, 0.6) is 11.5 Å². The van der Waals surface area contributed by atoms with E-state index in [1.165, 1.54) is 62.4 Å². The summed E-state index contributed by atoms with van der Waals surface area (Å²) in [5.74, 6) is -14.1. The molecule has 0 heterocycles. The summed E-state index contributed by atoms with van der Waals surface area (Å²) < 4.78 is 0. The van der Waals surface area contributed by atoms with Crippen LogP contribution in [0.1, 0.15) is 109 Å². The molecule has 0 spiro atoms. The van der Waals surface area contributed by atoms with Crippen LogP contribution in [0.2, 0.25) is 0 Å². The molecule has 0 saturated heterocycles. The molecule has 0 fully saturated rings. The molecule has 3 aromatic carbocycles. The third-order valence-corrected chi connectivity index (χ3v) is 16.0. The molecule has 0 unspecified atom stereocenters. The van der Waals surface area contributed by atoms with Crippen LogP contribution in [0.3, 0.4) is 0 Å². The van der Waals surface area contributed by atoms with Gasteiger partial charge in [-0.05, 0) is 119 Å². The third kappa shape index (κ3) is 31.5. The largest absolute Gasteiger partial charge is 0.508 e. The van der Waals surface area contributed by atoms with E-state index in [1.807, 2.05) is 0 Å². The summed E-state index contributed by atoms with van der Waals surface area (Å²) in [4.78, 5) is 181. The predicted molar refractivity (Wildman–Crippen MR) is 369 cm³/mol. The number of hydrogen-bond acceptors (Lipinski definition) is 20. The maximum Gasteiger partial charge on any atom is 0.326 e. The van der Waals surface area contributed by atoms with Gasteiger partial charge in [-0.1, -0.05) is 81.3 Å². The number of primary amides is 1. The monoisotopic (exact) mass is 1420 g/mol. The molecule has 3 aromatic rings. The Bertz CT molecular complexity index is 3270. The average Bonchev–Trinajstić information content (AvgIpc) is 0.872. The van der Waals surface area contributed by atoms with E-state index in [1.54, 1.807) is 44.2 Å². The summed E-state index contributed by atoms with van der Waals surface area (Å²) in [6.07, 6.45) is 1.03. The normalized spacial score (nSPS) is 14.5. The predicted octanol–water partition coefficient (Wildman–Crippen LogP) is -5.23. The molecule has 101 heavy (non-hydrogen) atoms. The molecule has 0 aliphatic rings. The van der Waals surface area contributed by atoms with Gasteiger partial charge < -0.3 is 113 Å². The van der Waals surface area contributed by atoms with Crippen LogP contribution >= 0.6 is 0 Å². The highest BCUT2D eigenvalue weighted by Crippen LogP contribution is 2.16. The van der Waals surface area contributed by atoms with E-state index in [0.29, 0.717) is 55.3 Å². The van der Waals surface area contributed by atoms with Gasteiger partial charge in [0.25, 0.3) is 0 Å². The summed E-state index contributed by atoms with van der Waals surface area (Å²) >= 11 is 0. The van der Waals surface area contributed by atoms with Gasteiger partial charge in [-0.2, -0.15) is 0 Å². The Balaban J connectivity index is 1.81. The number of nitrogens with zero attached hydrogens (tertiary/aromatic N) is 1. The van der Waals surface area contributed by atoms with Gasteiger partial charge in [-0.3, -0.25) is 62.5 Å². The first-order valence-electron chi connectivity index (χ1n) is 33.1. The molecule has 12 amide bonds. The molecule has 0 bridgehead atoms. The second-order valence-electron chi connectivity index (χ2n) is 24.3. The van der Waals surface area contributed by atoms with Crippen LogP contribution in [-0.2, 0) is 81.6 Å². The van der Waals surface area contributed by atoms with Crippen molar-refractivity contribution in [2.45, 2.75) is 178 Å². The quantitative estimate of drug-likeness (QED) is 0.0143. The summed E-state index contributed by atoms with van der Waals surface area (Å²) in [6.45, 7) is 4.56. The lowest BCUT2D eigenvalue weighted by atomic mass is 9.97. The lowest BCUT2D eigenvalue weighted by molar-refractivity contribution is -0.142. The van der Waals surface area contributed by atoms with Crippen molar-refractivity contribution in [1.82, 2.24) is 58.5 Å². The summed E-state index contributed by atoms with van der Waals surface area (Å²) in [5, 5.41) is 67.4. The maximum absolute atomic E-state index is 14.3. The highest BCUT2D eigenvalue weighted by Gasteiger charge is 2.36. The molecule has 27 N–H and O–H groups in total. The van der Waals surface area contributed by atoms with Gasteiger partial charge >= 0.3 is 5.97 Å². The zero-order valence-corrected chi connectivity index (χ0v) is 57.2. The van der Waals surface area contributed by atoms with Gasteiger partial charge in [0, 0.05) is 25.8 Å². The number of aliphatic hydroxyl groups excluding tert-OH is 1. The molecule has 556 valence electrons. The molecule has 0 aliphatic carbocycles. The summed E-state index contributed by atoms with van der Waals surface area (Å²) in [7, 11) is 0. The minimum Gasteiger partial charge on any atom is -0.508 e. The molecular weight excluding hydrogens is 1320 g/mol. The Morgan fingerprint density at radius 3 is 1.35 bits per heavy atom. The number of aromatic hydroxyl groups is 2. The number of phenolic OH excluding ortho intramolecular Hbond substituents is 2. The molecule has 35 heteroatoms. The SMILES string of the molecule is CC[C@H](C)[C@H](NC(=O)[C@H](CCCN=C(N)N)NC(=O)[C@H](C)NC(=O)[C@H](Cc1ccc(O)cc1)NC(=O)[C@H](C)NC(=O)[C@@H](N)CCCCN)C(=O)NCC(=O)N[C@@H](CC(N)=O)C(=O)N[C@@H](CO)C(=O)N[C@@H](Cc1ccc(O)cc1)C(=O)N[C@@H](Cc1ccccc1)C(=O)N[C@@H](CCCCN)C(=O)O. The first-order chi connectivity index (χ1) is 47.9. The van der Waals surface area contributed by atoms with Gasteiger partial charge in [-0.15, -0.1) is 0 Å². The van der Waals surface area contributed by atoms with Gasteiger partial charge in [0.05, 0.1) is 25.6 Å². The first kappa shape index (κ1) is 84.7. The number of carboxylic acid groups (broad SMARTS) is 1. The maximum atomic E-state index is 14.3. The number of carbonyl (C=O) groups excluding carboxylic acids is 12. The fourth-order valence-corrected chi connectivity index (χ4v) is 9.91.